The number of rotatable bonds is 7. The maximum Gasteiger partial charge on any atom is 0.356 e. The number of halogens is 1. The van der Waals surface area contributed by atoms with Gasteiger partial charge < -0.3 is 14.2 Å². The van der Waals surface area contributed by atoms with Gasteiger partial charge in [-0.05, 0) is 106 Å². The van der Waals surface area contributed by atoms with Crippen LogP contribution < -0.4 is 4.90 Å². The molecule has 1 aliphatic heterocycles. The zero-order valence-electron chi connectivity index (χ0n) is 25.1. The van der Waals surface area contributed by atoms with E-state index in [1.807, 2.05) is 25.3 Å². The van der Waals surface area contributed by atoms with E-state index in [0.717, 1.165) is 89.8 Å². The van der Waals surface area contributed by atoms with E-state index < -0.39 is 0 Å². The predicted molar refractivity (Wildman–Crippen MR) is 170 cm³/mol. The number of allylic oxidation sites excluding steroid dienone is 1. The van der Waals surface area contributed by atoms with Crippen LogP contribution in [-0.4, -0.2) is 40.8 Å². The number of aryl methyl sites for hydroxylation is 2. The molecule has 0 bridgehead atoms. The Hall–Kier alpha value is -3.71. The molecule has 0 radical (unpaired) electrons. The molecule has 3 fully saturated rings. The van der Waals surface area contributed by atoms with Crippen molar-refractivity contribution in [2.45, 2.75) is 71.6 Å². The van der Waals surface area contributed by atoms with Gasteiger partial charge in [-0.3, -0.25) is 4.98 Å². The number of hydrogen-bond acceptors (Lipinski definition) is 7. The fourth-order valence-corrected chi connectivity index (χ4v) is 7.24. The second kappa shape index (κ2) is 11.1. The minimum Gasteiger partial charge on any atom is -0.461 e. The van der Waals surface area contributed by atoms with Gasteiger partial charge in [0, 0.05) is 53.6 Å². The molecule has 1 spiro atoms. The fraction of sp³-hybridized carbons (Fsp3) is 0.429. The lowest BCUT2D eigenvalue weighted by molar-refractivity contribution is 0.0520. The number of carbonyl (C=O) groups excluding carboxylic acids is 1. The molecule has 43 heavy (non-hydrogen) atoms. The van der Waals surface area contributed by atoms with Crippen LogP contribution in [0.1, 0.15) is 91.2 Å². The molecule has 4 aromatic rings. The number of anilines is 1. The number of esters is 1. The minimum absolute atomic E-state index is 0.341. The number of carbonyl (C=O) groups is 1. The zero-order valence-corrected chi connectivity index (χ0v) is 25.8. The van der Waals surface area contributed by atoms with Gasteiger partial charge in [0.1, 0.15) is 17.1 Å². The minimum atomic E-state index is -0.372. The Bertz CT molecular complexity index is 1740. The van der Waals surface area contributed by atoms with Crippen LogP contribution in [0.25, 0.3) is 28.2 Å². The van der Waals surface area contributed by atoms with Crippen LogP contribution in [0, 0.1) is 12.3 Å². The first-order valence-electron chi connectivity index (χ1n) is 15.5. The van der Waals surface area contributed by atoms with E-state index in [-0.39, 0.29) is 5.97 Å². The van der Waals surface area contributed by atoms with E-state index in [0.29, 0.717) is 28.7 Å². The predicted octanol–water partition coefficient (Wildman–Crippen LogP) is 8.33. The topological polar surface area (TPSA) is 81.4 Å². The Labute approximate surface area is 257 Å². The number of piperidine rings is 1. The lowest BCUT2D eigenvalue weighted by atomic mass is 9.60. The zero-order chi connectivity index (χ0) is 29.7. The summed E-state index contributed by atoms with van der Waals surface area (Å²) in [5.41, 5.74) is 9.34. The fourth-order valence-electron chi connectivity index (χ4n) is 6.98. The van der Waals surface area contributed by atoms with E-state index in [9.17, 15) is 4.79 Å². The first-order valence-corrected chi connectivity index (χ1v) is 15.9. The standard InChI is InChI=1S/C35H37ClN4O3/c1-4-23-19-37-20-28(36)31(23)32-27(33(43-39-32)24-6-7-24)15-22-17-35(18-22)10-12-40(13-11-35)25-8-9-29-26(16-25)21(3)14-30(38-29)34(41)42-5-2/h8-9,14-16,19-20,24H,4-7,10-13,17-18H2,1-3H3. The second-order valence-corrected chi connectivity index (χ2v) is 12.9. The molecule has 2 saturated carbocycles. The van der Waals surface area contributed by atoms with Crippen LogP contribution in [-0.2, 0) is 11.2 Å². The summed E-state index contributed by atoms with van der Waals surface area (Å²) in [6.07, 6.45) is 13.7. The van der Waals surface area contributed by atoms with Gasteiger partial charge in [-0.2, -0.15) is 0 Å². The maximum absolute atomic E-state index is 12.2. The maximum atomic E-state index is 12.2. The van der Waals surface area contributed by atoms with Gasteiger partial charge in [-0.15, -0.1) is 0 Å². The van der Waals surface area contributed by atoms with Crippen molar-refractivity contribution in [1.29, 1.82) is 0 Å². The third-order valence-electron chi connectivity index (χ3n) is 9.53. The summed E-state index contributed by atoms with van der Waals surface area (Å²) in [5.74, 6) is 1.11. The Morgan fingerprint density at radius 1 is 1.16 bits per heavy atom. The molecule has 1 aromatic carbocycles. The molecule has 3 aromatic heterocycles. The largest absolute Gasteiger partial charge is 0.461 e. The summed E-state index contributed by atoms with van der Waals surface area (Å²) in [6, 6.07) is 8.22. The van der Waals surface area contributed by atoms with Gasteiger partial charge in [-0.25, -0.2) is 9.78 Å². The van der Waals surface area contributed by atoms with Crippen molar-refractivity contribution in [3.63, 3.8) is 0 Å². The highest BCUT2D eigenvalue weighted by molar-refractivity contribution is 6.33. The van der Waals surface area contributed by atoms with Gasteiger partial charge in [-0.1, -0.05) is 29.3 Å². The highest BCUT2D eigenvalue weighted by atomic mass is 35.5. The van der Waals surface area contributed by atoms with Crippen LogP contribution in [0.15, 0.2) is 46.8 Å². The van der Waals surface area contributed by atoms with Crippen LogP contribution in [0.5, 0.6) is 0 Å². The van der Waals surface area contributed by atoms with Gasteiger partial charge >= 0.3 is 5.97 Å². The van der Waals surface area contributed by atoms with Gasteiger partial charge in [0.2, 0.25) is 0 Å². The summed E-state index contributed by atoms with van der Waals surface area (Å²) >= 11 is 6.66. The average Bonchev–Trinajstić information content (AvgIpc) is 3.76. The number of hydrogen-bond donors (Lipinski definition) is 0. The average molecular weight is 597 g/mol. The van der Waals surface area contributed by atoms with Gasteiger partial charge in [0.15, 0.2) is 0 Å². The molecule has 222 valence electrons. The molecule has 0 amide bonds. The van der Waals surface area contributed by atoms with E-state index in [1.54, 1.807) is 13.1 Å². The molecule has 8 heteroatoms. The third-order valence-corrected chi connectivity index (χ3v) is 9.81. The molecule has 4 heterocycles. The number of pyridine rings is 2. The molecule has 1 saturated heterocycles. The van der Waals surface area contributed by atoms with Crippen molar-refractivity contribution in [1.82, 2.24) is 15.1 Å². The van der Waals surface area contributed by atoms with Crippen LogP contribution in [0.3, 0.4) is 0 Å². The van der Waals surface area contributed by atoms with E-state index in [1.165, 1.54) is 24.1 Å². The number of aromatic nitrogens is 3. The lowest BCUT2D eigenvalue weighted by Crippen LogP contribution is -2.44. The monoisotopic (exact) mass is 596 g/mol. The van der Waals surface area contributed by atoms with Gasteiger partial charge in [0.25, 0.3) is 0 Å². The van der Waals surface area contributed by atoms with Crippen molar-refractivity contribution in [2.24, 2.45) is 5.41 Å². The molecular weight excluding hydrogens is 560 g/mol. The first kappa shape index (κ1) is 28.1. The van der Waals surface area contributed by atoms with E-state index in [4.69, 9.17) is 20.9 Å². The van der Waals surface area contributed by atoms with Crippen LogP contribution in [0.2, 0.25) is 5.02 Å². The molecule has 7 nitrogen and oxygen atoms in total. The molecular formula is C35H37ClN4O3. The smallest absolute Gasteiger partial charge is 0.356 e. The summed E-state index contributed by atoms with van der Waals surface area (Å²) in [5, 5.41) is 6.27. The highest BCUT2D eigenvalue weighted by Crippen LogP contribution is 2.54. The normalized spacial score (nSPS) is 17.8. The van der Waals surface area contributed by atoms with Crippen molar-refractivity contribution in [3.8, 4) is 11.3 Å². The van der Waals surface area contributed by atoms with Crippen molar-refractivity contribution in [2.75, 3.05) is 24.6 Å². The van der Waals surface area contributed by atoms with E-state index >= 15 is 0 Å². The summed E-state index contributed by atoms with van der Waals surface area (Å²) < 4.78 is 11.1. The van der Waals surface area contributed by atoms with Crippen LogP contribution >= 0.6 is 11.6 Å². The first-order chi connectivity index (χ1) is 20.9. The number of nitrogens with zero attached hydrogens (tertiary/aromatic N) is 4. The Balaban J connectivity index is 1.07. The second-order valence-electron chi connectivity index (χ2n) is 12.5. The number of ether oxygens (including phenoxy) is 1. The number of fused-ring (bicyclic) bond motifs is 1. The molecule has 0 unspecified atom stereocenters. The SMILES string of the molecule is CCOC(=O)c1cc(C)c2cc(N3CCC4(CC3)CC(=Cc3c(-c5c(Cl)cncc5CC)noc3C3CC3)C4)ccc2n1. The summed E-state index contributed by atoms with van der Waals surface area (Å²) in [6.45, 7) is 8.37. The Morgan fingerprint density at radius 3 is 2.67 bits per heavy atom. The van der Waals surface area contributed by atoms with Crippen molar-refractivity contribution < 1.29 is 14.1 Å². The summed E-state index contributed by atoms with van der Waals surface area (Å²) in [7, 11) is 0. The van der Waals surface area contributed by atoms with Crippen molar-refractivity contribution >= 4 is 40.2 Å². The molecule has 0 N–H and O–H groups in total. The Kier molecular flexibility index (Phi) is 7.24. The third kappa shape index (κ3) is 5.22. The Morgan fingerprint density at radius 2 is 1.95 bits per heavy atom. The van der Waals surface area contributed by atoms with Gasteiger partial charge in [0.05, 0.1) is 17.1 Å². The molecule has 0 atom stereocenters. The quantitative estimate of drug-likeness (QED) is 0.198. The molecule has 7 rings (SSSR count). The number of benzene rings is 1. The van der Waals surface area contributed by atoms with Crippen LogP contribution in [0.4, 0.5) is 5.69 Å². The summed E-state index contributed by atoms with van der Waals surface area (Å²) in [4.78, 5) is 23.6. The molecule has 3 aliphatic rings. The van der Waals surface area contributed by atoms with E-state index in [2.05, 4.69) is 45.2 Å². The molecule has 2 aliphatic carbocycles. The van der Waals surface area contributed by atoms with Crippen molar-refractivity contribution in [3.05, 3.63) is 75.4 Å². The highest BCUT2D eigenvalue weighted by Gasteiger charge is 2.43. The lowest BCUT2D eigenvalue weighted by Gasteiger charge is -2.50.